The lowest BCUT2D eigenvalue weighted by molar-refractivity contribution is -0.167. The number of rotatable bonds is 61. The van der Waals surface area contributed by atoms with Crippen LogP contribution in [0.3, 0.4) is 0 Å². The highest BCUT2D eigenvalue weighted by Gasteiger charge is 2.19. The van der Waals surface area contributed by atoms with Gasteiger partial charge in [0.2, 0.25) is 0 Å². The van der Waals surface area contributed by atoms with E-state index in [1.807, 2.05) is 0 Å². The first-order chi connectivity index (χ1) is 36.5. The maximum Gasteiger partial charge on any atom is 0.306 e. The van der Waals surface area contributed by atoms with Gasteiger partial charge in [0, 0.05) is 19.3 Å². The van der Waals surface area contributed by atoms with E-state index in [9.17, 15) is 14.4 Å². The van der Waals surface area contributed by atoms with E-state index in [1.165, 1.54) is 244 Å². The molecule has 0 N–H and O–H groups in total. The molecule has 0 amide bonds. The van der Waals surface area contributed by atoms with Gasteiger partial charge in [-0.2, -0.15) is 0 Å². The molecule has 0 fully saturated rings. The molecule has 0 aromatic heterocycles. The molecule has 0 rings (SSSR count). The van der Waals surface area contributed by atoms with Gasteiger partial charge in [0.15, 0.2) is 6.10 Å². The SMILES string of the molecule is CCCCC/C=C\C/C=C\CCCCCCCCCC(=O)OC(COC(=O)CCCCCCC/C=C\CCCCCCCC)COC(=O)CCCCCCCCCCCCCCCCCCCCCCCCCC. The highest BCUT2D eigenvalue weighted by atomic mass is 16.6. The quantitative estimate of drug-likeness (QED) is 0.0261. The first-order valence-corrected chi connectivity index (χ1v) is 33.0. The van der Waals surface area contributed by atoms with Gasteiger partial charge in [0.1, 0.15) is 13.2 Å². The summed E-state index contributed by atoms with van der Waals surface area (Å²) in [5.74, 6) is -0.866. The summed E-state index contributed by atoms with van der Waals surface area (Å²) in [6.45, 7) is 6.66. The molecule has 0 aliphatic rings. The van der Waals surface area contributed by atoms with Crippen LogP contribution >= 0.6 is 0 Å². The van der Waals surface area contributed by atoms with E-state index in [-0.39, 0.29) is 31.1 Å². The van der Waals surface area contributed by atoms with Crippen LogP contribution in [-0.4, -0.2) is 37.2 Å². The zero-order valence-corrected chi connectivity index (χ0v) is 49.9. The van der Waals surface area contributed by atoms with Crippen LogP contribution in [0.15, 0.2) is 36.5 Å². The summed E-state index contributed by atoms with van der Waals surface area (Å²) in [4.78, 5) is 38.3. The summed E-state index contributed by atoms with van der Waals surface area (Å²) in [5, 5.41) is 0. The van der Waals surface area contributed by atoms with Crippen molar-refractivity contribution in [3.63, 3.8) is 0 Å². The molecule has 0 aliphatic heterocycles. The lowest BCUT2D eigenvalue weighted by atomic mass is 10.0. The Morgan fingerprint density at radius 3 is 0.784 bits per heavy atom. The minimum Gasteiger partial charge on any atom is -0.462 e. The van der Waals surface area contributed by atoms with Crippen molar-refractivity contribution in [3.8, 4) is 0 Å². The largest absolute Gasteiger partial charge is 0.462 e. The molecular formula is C68H126O6. The molecule has 74 heavy (non-hydrogen) atoms. The molecule has 0 radical (unpaired) electrons. The highest BCUT2D eigenvalue weighted by Crippen LogP contribution is 2.18. The molecule has 0 saturated heterocycles. The fourth-order valence-corrected chi connectivity index (χ4v) is 9.88. The van der Waals surface area contributed by atoms with Crippen molar-refractivity contribution >= 4 is 17.9 Å². The number of hydrogen-bond donors (Lipinski definition) is 0. The van der Waals surface area contributed by atoms with E-state index in [0.717, 1.165) is 77.0 Å². The third-order valence-corrected chi connectivity index (χ3v) is 14.9. The monoisotopic (exact) mass is 1040 g/mol. The van der Waals surface area contributed by atoms with Crippen LogP contribution in [0.25, 0.3) is 0 Å². The van der Waals surface area contributed by atoms with E-state index in [1.54, 1.807) is 0 Å². The second-order valence-electron chi connectivity index (χ2n) is 22.4. The van der Waals surface area contributed by atoms with Crippen LogP contribution < -0.4 is 0 Å². The standard InChI is InChI=1S/C68H126O6/c1-4-7-10-13-16-19-22-25-28-30-31-32-33-34-35-36-38-40-43-46-49-52-55-58-61-67(70)73-64-65(63-72-66(69)60-57-54-51-48-45-42-39-27-24-21-18-15-12-9-6-3)74-68(71)62-59-56-53-50-47-44-41-37-29-26-23-20-17-14-11-8-5-2/h17,20,26-27,29,39,65H,4-16,18-19,21-25,28,30-38,40-64H2,1-3H3/b20-17-,29-26-,39-27-. The Kier molecular flexibility index (Phi) is 61.1. The third kappa shape index (κ3) is 60.5. The van der Waals surface area contributed by atoms with E-state index in [2.05, 4.69) is 57.2 Å². The Hall–Kier alpha value is -2.37. The van der Waals surface area contributed by atoms with E-state index in [0.29, 0.717) is 19.3 Å². The van der Waals surface area contributed by atoms with E-state index < -0.39 is 6.10 Å². The average molecular weight is 1040 g/mol. The predicted octanol–water partition coefficient (Wildman–Crippen LogP) is 22.4. The van der Waals surface area contributed by atoms with Crippen molar-refractivity contribution in [3.05, 3.63) is 36.5 Å². The van der Waals surface area contributed by atoms with Crippen LogP contribution in [0.1, 0.15) is 361 Å². The Morgan fingerprint density at radius 1 is 0.270 bits per heavy atom. The minimum atomic E-state index is -0.778. The fraction of sp³-hybridized carbons (Fsp3) is 0.868. The van der Waals surface area contributed by atoms with Gasteiger partial charge in [-0.1, -0.05) is 301 Å². The summed E-state index contributed by atoms with van der Waals surface area (Å²) >= 11 is 0. The number of allylic oxidation sites excluding steroid dienone is 6. The lowest BCUT2D eigenvalue weighted by Gasteiger charge is -2.18. The van der Waals surface area contributed by atoms with Gasteiger partial charge in [-0.3, -0.25) is 14.4 Å². The van der Waals surface area contributed by atoms with Crippen LogP contribution in [-0.2, 0) is 28.6 Å². The maximum atomic E-state index is 12.9. The normalized spacial score (nSPS) is 12.2. The molecule has 0 bridgehead atoms. The van der Waals surface area contributed by atoms with E-state index >= 15 is 0 Å². The molecule has 434 valence electrons. The van der Waals surface area contributed by atoms with Crippen molar-refractivity contribution in [1.82, 2.24) is 0 Å². The molecule has 0 heterocycles. The molecule has 6 heteroatoms. The van der Waals surface area contributed by atoms with Crippen molar-refractivity contribution < 1.29 is 28.6 Å². The van der Waals surface area contributed by atoms with Gasteiger partial charge >= 0.3 is 17.9 Å². The van der Waals surface area contributed by atoms with Crippen molar-refractivity contribution in [2.75, 3.05) is 13.2 Å². The third-order valence-electron chi connectivity index (χ3n) is 14.9. The highest BCUT2D eigenvalue weighted by molar-refractivity contribution is 5.71. The zero-order chi connectivity index (χ0) is 53.6. The number of hydrogen-bond acceptors (Lipinski definition) is 6. The second-order valence-corrected chi connectivity index (χ2v) is 22.4. The number of unbranched alkanes of at least 4 members (excludes halogenated alkanes) is 44. The summed E-state index contributed by atoms with van der Waals surface area (Å²) < 4.78 is 16.9. The van der Waals surface area contributed by atoms with Gasteiger partial charge in [0.05, 0.1) is 0 Å². The Bertz CT molecular complexity index is 1240. The van der Waals surface area contributed by atoms with E-state index in [4.69, 9.17) is 14.2 Å². The molecule has 6 nitrogen and oxygen atoms in total. The number of carbonyl (C=O) groups is 3. The molecule has 1 unspecified atom stereocenters. The minimum absolute atomic E-state index is 0.0738. The van der Waals surface area contributed by atoms with Gasteiger partial charge in [-0.05, 0) is 77.0 Å². The Labute approximate surface area is 461 Å². The zero-order valence-electron chi connectivity index (χ0n) is 49.9. The first kappa shape index (κ1) is 71.6. The topological polar surface area (TPSA) is 78.9 Å². The predicted molar refractivity (Wildman–Crippen MR) is 321 cm³/mol. The van der Waals surface area contributed by atoms with Crippen molar-refractivity contribution in [2.45, 2.75) is 367 Å². The average Bonchev–Trinajstić information content (AvgIpc) is 3.40. The van der Waals surface area contributed by atoms with Gasteiger partial charge < -0.3 is 14.2 Å². The van der Waals surface area contributed by atoms with Crippen molar-refractivity contribution in [2.24, 2.45) is 0 Å². The van der Waals surface area contributed by atoms with Gasteiger partial charge in [-0.15, -0.1) is 0 Å². The fourth-order valence-electron chi connectivity index (χ4n) is 9.88. The summed E-state index contributed by atoms with van der Waals surface area (Å²) in [5.41, 5.74) is 0. The van der Waals surface area contributed by atoms with Crippen LogP contribution in [0.5, 0.6) is 0 Å². The number of carbonyl (C=O) groups excluding carboxylic acids is 3. The number of ether oxygens (including phenoxy) is 3. The lowest BCUT2D eigenvalue weighted by Crippen LogP contribution is -2.30. The molecule has 0 aromatic rings. The smallest absolute Gasteiger partial charge is 0.306 e. The van der Waals surface area contributed by atoms with Gasteiger partial charge in [-0.25, -0.2) is 0 Å². The molecule has 0 spiro atoms. The molecule has 0 aliphatic carbocycles. The van der Waals surface area contributed by atoms with Crippen molar-refractivity contribution in [1.29, 1.82) is 0 Å². The number of esters is 3. The Balaban J connectivity index is 4.28. The van der Waals surface area contributed by atoms with Crippen LogP contribution in [0, 0.1) is 0 Å². The summed E-state index contributed by atoms with van der Waals surface area (Å²) in [6.07, 6.45) is 77.3. The molecular weight excluding hydrogens is 913 g/mol. The first-order valence-electron chi connectivity index (χ1n) is 33.0. The summed E-state index contributed by atoms with van der Waals surface area (Å²) in [7, 11) is 0. The second kappa shape index (κ2) is 63.2. The molecule has 1 atom stereocenters. The summed E-state index contributed by atoms with van der Waals surface area (Å²) in [6, 6.07) is 0. The van der Waals surface area contributed by atoms with Gasteiger partial charge in [0.25, 0.3) is 0 Å². The van der Waals surface area contributed by atoms with Crippen LogP contribution in [0.2, 0.25) is 0 Å². The Morgan fingerprint density at radius 2 is 0.486 bits per heavy atom. The maximum absolute atomic E-state index is 12.9. The van der Waals surface area contributed by atoms with Crippen LogP contribution in [0.4, 0.5) is 0 Å². The molecule has 0 aromatic carbocycles. The molecule has 0 saturated carbocycles.